The van der Waals surface area contributed by atoms with Crippen molar-refractivity contribution < 1.29 is 4.57 Å². The van der Waals surface area contributed by atoms with E-state index >= 15 is 0 Å². The summed E-state index contributed by atoms with van der Waals surface area (Å²) < 4.78 is 4.74. The number of hydrogen-bond acceptors (Lipinski definition) is 0. The second-order valence-electron chi connectivity index (χ2n) is 10.8. The van der Waals surface area contributed by atoms with Gasteiger partial charge in [-0.2, -0.15) is 4.57 Å². The van der Waals surface area contributed by atoms with E-state index in [1.807, 2.05) is 0 Å². The van der Waals surface area contributed by atoms with E-state index < -0.39 is 0 Å². The Hall–Kier alpha value is -2.35. The van der Waals surface area contributed by atoms with Crippen LogP contribution in [0.5, 0.6) is 0 Å². The molecule has 1 aliphatic rings. The number of benzene rings is 2. The minimum atomic E-state index is -0.0257. The Bertz CT molecular complexity index is 1090. The number of imidazole rings is 1. The normalized spacial score (nSPS) is 17.0. The molecule has 0 amide bonds. The maximum absolute atomic E-state index is 2.41. The quantitative estimate of drug-likeness (QED) is 0.443. The van der Waals surface area contributed by atoms with Gasteiger partial charge in [-0.1, -0.05) is 78.8 Å². The van der Waals surface area contributed by atoms with Gasteiger partial charge in [-0.15, -0.1) is 0 Å². The Balaban J connectivity index is 2.15. The van der Waals surface area contributed by atoms with Gasteiger partial charge in [-0.3, -0.25) is 0 Å². The zero-order chi connectivity index (χ0) is 21.4. The first-order valence-corrected chi connectivity index (χ1v) is 10.7. The van der Waals surface area contributed by atoms with Crippen LogP contribution in [0.15, 0.2) is 48.8 Å². The molecular weight excluding hydrogens is 352 g/mol. The summed E-state index contributed by atoms with van der Waals surface area (Å²) in [4.78, 5) is 0. The Morgan fingerprint density at radius 2 is 1.48 bits per heavy atom. The van der Waals surface area contributed by atoms with E-state index in [-0.39, 0.29) is 16.2 Å². The van der Waals surface area contributed by atoms with Crippen LogP contribution >= 0.6 is 0 Å². The monoisotopic (exact) mass is 387 g/mol. The Morgan fingerprint density at radius 1 is 0.862 bits per heavy atom. The van der Waals surface area contributed by atoms with E-state index in [0.29, 0.717) is 0 Å². The molecule has 0 spiro atoms. The van der Waals surface area contributed by atoms with E-state index in [0.717, 1.165) is 0 Å². The number of rotatable bonds is 1. The highest BCUT2D eigenvalue weighted by atomic mass is 15.1. The van der Waals surface area contributed by atoms with Crippen LogP contribution in [0.3, 0.4) is 0 Å². The minimum absolute atomic E-state index is 0.00832. The summed E-state index contributed by atoms with van der Waals surface area (Å²) in [5.41, 5.74) is 9.83. The highest BCUT2D eigenvalue weighted by molar-refractivity contribution is 5.76. The van der Waals surface area contributed by atoms with Gasteiger partial charge in [0, 0.05) is 16.4 Å². The molecule has 0 saturated heterocycles. The summed E-state index contributed by atoms with van der Waals surface area (Å²) in [6.07, 6.45) is 2.26. The lowest BCUT2D eigenvalue weighted by Gasteiger charge is -2.45. The van der Waals surface area contributed by atoms with Crippen molar-refractivity contribution in [1.29, 1.82) is 0 Å². The maximum Gasteiger partial charge on any atom is 0.249 e. The smallest absolute Gasteiger partial charge is 0.232 e. The molecule has 0 fully saturated rings. The van der Waals surface area contributed by atoms with E-state index in [4.69, 9.17) is 0 Å². The lowest BCUT2D eigenvalue weighted by atomic mass is 9.56. The van der Waals surface area contributed by atoms with Gasteiger partial charge in [0.25, 0.3) is 0 Å². The van der Waals surface area contributed by atoms with Crippen LogP contribution in [0.2, 0.25) is 0 Å². The molecule has 1 heterocycles. The molecule has 2 nitrogen and oxygen atoms in total. The average molecular weight is 388 g/mol. The van der Waals surface area contributed by atoms with Crippen molar-refractivity contribution >= 4 is 0 Å². The van der Waals surface area contributed by atoms with Crippen LogP contribution in [0.25, 0.3) is 16.9 Å². The summed E-state index contributed by atoms with van der Waals surface area (Å²) >= 11 is 0. The van der Waals surface area contributed by atoms with Crippen LogP contribution in [0, 0.1) is 6.92 Å². The molecule has 0 radical (unpaired) electrons. The topological polar surface area (TPSA) is 8.81 Å². The van der Waals surface area contributed by atoms with Crippen molar-refractivity contribution in [2.75, 3.05) is 0 Å². The van der Waals surface area contributed by atoms with Crippen molar-refractivity contribution in [3.63, 3.8) is 0 Å². The minimum Gasteiger partial charge on any atom is -0.232 e. The number of aromatic nitrogens is 2. The average Bonchev–Trinajstić information content (AvgIpc) is 2.98. The molecule has 1 aromatic heterocycles. The molecule has 0 unspecified atom stereocenters. The van der Waals surface area contributed by atoms with Gasteiger partial charge in [0.05, 0.1) is 7.05 Å². The molecule has 1 aliphatic carbocycles. The van der Waals surface area contributed by atoms with Crippen LogP contribution < -0.4 is 4.57 Å². The molecule has 0 N–H and O–H groups in total. The second kappa shape index (κ2) is 6.08. The van der Waals surface area contributed by atoms with Gasteiger partial charge in [-0.05, 0) is 41.2 Å². The summed E-state index contributed by atoms with van der Waals surface area (Å²) in [5, 5.41) is 0. The molecule has 3 aromatic rings. The van der Waals surface area contributed by atoms with Gasteiger partial charge in [0.1, 0.15) is 5.69 Å². The maximum atomic E-state index is 2.41. The SMILES string of the molecule is Cc1c(C(C)(C)C)ccc2c1-c1c(n(-c3ccccc3)c[n+]1C)C(C)(C)C2(C)C. The third-order valence-electron chi connectivity index (χ3n) is 7.48. The predicted octanol–water partition coefficient (Wildman–Crippen LogP) is 6.14. The largest absolute Gasteiger partial charge is 0.249 e. The summed E-state index contributed by atoms with van der Waals surface area (Å²) in [5.74, 6) is 0. The Kier molecular flexibility index (Phi) is 4.18. The van der Waals surface area contributed by atoms with Crippen molar-refractivity contribution in [2.45, 2.75) is 71.6 Å². The first-order chi connectivity index (χ1) is 13.4. The second-order valence-corrected chi connectivity index (χ2v) is 10.8. The van der Waals surface area contributed by atoms with E-state index in [1.165, 1.54) is 39.3 Å². The Morgan fingerprint density at radius 3 is 2.07 bits per heavy atom. The molecule has 0 saturated carbocycles. The number of nitrogens with zero attached hydrogens (tertiary/aromatic N) is 2. The molecule has 152 valence electrons. The van der Waals surface area contributed by atoms with Crippen LogP contribution in [0.1, 0.15) is 70.9 Å². The molecule has 0 aliphatic heterocycles. The van der Waals surface area contributed by atoms with E-state index in [9.17, 15) is 0 Å². The molecule has 2 heteroatoms. The highest BCUT2D eigenvalue weighted by Gasteiger charge is 2.53. The number of aryl methyl sites for hydroxylation is 1. The fourth-order valence-electron chi connectivity index (χ4n) is 5.23. The number of fused-ring (bicyclic) bond motifs is 3. The lowest BCUT2D eigenvalue weighted by Crippen LogP contribution is -2.46. The molecular formula is C27H35N2+. The van der Waals surface area contributed by atoms with Crippen molar-refractivity contribution in [1.82, 2.24) is 4.57 Å². The van der Waals surface area contributed by atoms with Crippen LogP contribution in [0.4, 0.5) is 0 Å². The fraction of sp³-hybridized carbons (Fsp3) is 0.444. The molecule has 0 bridgehead atoms. The zero-order valence-electron chi connectivity index (χ0n) is 19.5. The first kappa shape index (κ1) is 19.9. The summed E-state index contributed by atoms with van der Waals surface area (Å²) in [6.45, 7) is 18.9. The van der Waals surface area contributed by atoms with Gasteiger partial charge in [0.15, 0.2) is 11.4 Å². The van der Waals surface area contributed by atoms with Crippen LogP contribution in [-0.4, -0.2) is 4.57 Å². The van der Waals surface area contributed by atoms with Gasteiger partial charge < -0.3 is 0 Å². The number of hydrogen-bond donors (Lipinski definition) is 0. The number of para-hydroxylation sites is 1. The lowest BCUT2D eigenvalue weighted by molar-refractivity contribution is -0.660. The Labute approximate surface area is 176 Å². The fourth-order valence-corrected chi connectivity index (χ4v) is 5.23. The van der Waals surface area contributed by atoms with Crippen molar-refractivity contribution in [3.8, 4) is 16.9 Å². The van der Waals surface area contributed by atoms with Crippen LogP contribution in [-0.2, 0) is 23.3 Å². The zero-order valence-corrected chi connectivity index (χ0v) is 19.5. The molecule has 0 atom stereocenters. The van der Waals surface area contributed by atoms with E-state index in [1.54, 1.807) is 0 Å². The molecule has 29 heavy (non-hydrogen) atoms. The highest BCUT2D eigenvalue weighted by Crippen LogP contribution is 2.54. The first-order valence-electron chi connectivity index (χ1n) is 10.7. The van der Waals surface area contributed by atoms with Gasteiger partial charge >= 0.3 is 0 Å². The summed E-state index contributed by atoms with van der Waals surface area (Å²) in [7, 11) is 2.19. The van der Waals surface area contributed by atoms with Gasteiger partial charge in [0.2, 0.25) is 6.33 Å². The predicted molar refractivity (Wildman–Crippen MR) is 122 cm³/mol. The molecule has 4 rings (SSSR count). The standard InChI is InChI=1S/C27H35N2/c1-18-20(25(2,3)4)15-16-21-22(18)23-24(27(7,8)26(21,5)6)29(17-28(23)9)19-13-11-10-12-14-19/h10-17H,1-9H3/q+1. The van der Waals surface area contributed by atoms with Crippen molar-refractivity contribution in [3.05, 3.63) is 71.2 Å². The third kappa shape index (κ3) is 2.64. The molecule has 2 aromatic carbocycles. The van der Waals surface area contributed by atoms with Crippen molar-refractivity contribution in [2.24, 2.45) is 7.05 Å². The van der Waals surface area contributed by atoms with E-state index in [2.05, 4.69) is 120 Å². The third-order valence-corrected chi connectivity index (χ3v) is 7.48. The summed E-state index contributed by atoms with van der Waals surface area (Å²) in [6, 6.07) is 15.5. The van der Waals surface area contributed by atoms with Gasteiger partial charge in [-0.25, -0.2) is 4.57 Å².